The summed E-state index contributed by atoms with van der Waals surface area (Å²) < 4.78 is 38.3. The Morgan fingerprint density at radius 1 is 1.41 bits per heavy atom. The number of nitrogens with two attached hydrogens (primary N) is 1. The Morgan fingerprint density at radius 3 is 2.65 bits per heavy atom. The van der Waals surface area contributed by atoms with E-state index in [-0.39, 0.29) is 23.3 Å². The van der Waals surface area contributed by atoms with Crippen LogP contribution in [0.5, 0.6) is 0 Å². The molecular weight excluding hydrogens is 267 g/mol. The molecule has 7 heteroatoms. The lowest BCUT2D eigenvalue weighted by atomic mass is 10.3. The van der Waals surface area contributed by atoms with Crippen LogP contribution >= 0.6 is 12.4 Å². The van der Waals surface area contributed by atoms with Crippen molar-refractivity contribution in [3.05, 3.63) is 30.1 Å². The average Bonchev–Trinajstić information content (AvgIpc) is 2.65. The Kier molecular flexibility index (Phi) is 4.48. The highest BCUT2D eigenvalue weighted by molar-refractivity contribution is 7.89. The van der Waals surface area contributed by atoms with Crippen molar-refractivity contribution in [1.29, 1.82) is 0 Å². The van der Waals surface area contributed by atoms with Gasteiger partial charge in [0.1, 0.15) is 5.82 Å². The molecule has 0 unspecified atom stereocenters. The minimum Gasteiger partial charge on any atom is -0.326 e. The van der Waals surface area contributed by atoms with Gasteiger partial charge in [0, 0.05) is 19.1 Å². The van der Waals surface area contributed by atoms with E-state index in [9.17, 15) is 12.8 Å². The Labute approximate surface area is 106 Å². The maximum Gasteiger partial charge on any atom is 0.243 e. The predicted molar refractivity (Wildman–Crippen MR) is 65.0 cm³/mol. The molecule has 17 heavy (non-hydrogen) atoms. The fourth-order valence-electron chi connectivity index (χ4n) is 1.75. The van der Waals surface area contributed by atoms with E-state index in [1.807, 2.05) is 0 Å². The topological polar surface area (TPSA) is 63.4 Å². The number of benzene rings is 1. The summed E-state index contributed by atoms with van der Waals surface area (Å²) in [6, 6.07) is 4.90. The Bertz CT molecular complexity index is 495. The van der Waals surface area contributed by atoms with Crippen LogP contribution < -0.4 is 5.73 Å². The molecule has 0 bridgehead atoms. The summed E-state index contributed by atoms with van der Waals surface area (Å²) in [5.74, 6) is -0.551. The van der Waals surface area contributed by atoms with Gasteiger partial charge in [-0.3, -0.25) is 0 Å². The Morgan fingerprint density at radius 2 is 2.12 bits per heavy atom. The van der Waals surface area contributed by atoms with Crippen LogP contribution in [0.15, 0.2) is 29.2 Å². The minimum atomic E-state index is -3.58. The van der Waals surface area contributed by atoms with Crippen molar-refractivity contribution in [2.24, 2.45) is 5.73 Å². The molecule has 1 aromatic carbocycles. The molecule has 1 aromatic rings. The van der Waals surface area contributed by atoms with Crippen LogP contribution in [0.25, 0.3) is 0 Å². The summed E-state index contributed by atoms with van der Waals surface area (Å²) in [4.78, 5) is -0.0124. The molecule has 0 amide bonds. The average molecular weight is 281 g/mol. The van der Waals surface area contributed by atoms with Crippen LogP contribution in [0.4, 0.5) is 4.39 Å². The van der Waals surface area contributed by atoms with Gasteiger partial charge in [0.05, 0.1) is 4.90 Å². The molecule has 0 aliphatic carbocycles. The van der Waals surface area contributed by atoms with E-state index in [0.29, 0.717) is 19.5 Å². The molecule has 1 aliphatic rings. The molecule has 1 atom stereocenters. The second-order valence-corrected chi connectivity index (χ2v) is 5.81. The fraction of sp³-hybridized carbons (Fsp3) is 0.400. The molecule has 2 N–H and O–H groups in total. The van der Waals surface area contributed by atoms with Gasteiger partial charge in [-0.05, 0) is 24.6 Å². The minimum absolute atomic E-state index is 0. The first-order valence-electron chi connectivity index (χ1n) is 5.01. The van der Waals surface area contributed by atoms with Crippen molar-refractivity contribution in [2.75, 3.05) is 13.1 Å². The molecule has 0 spiro atoms. The lowest BCUT2D eigenvalue weighted by molar-refractivity contribution is 0.471. The zero-order chi connectivity index (χ0) is 11.8. The smallest absolute Gasteiger partial charge is 0.243 e. The number of sulfonamides is 1. The largest absolute Gasteiger partial charge is 0.326 e. The zero-order valence-electron chi connectivity index (χ0n) is 9.04. The van der Waals surface area contributed by atoms with E-state index in [0.717, 1.165) is 6.07 Å². The maximum absolute atomic E-state index is 13.0. The van der Waals surface area contributed by atoms with Crippen molar-refractivity contribution < 1.29 is 12.8 Å². The highest BCUT2D eigenvalue weighted by Crippen LogP contribution is 2.20. The number of halogens is 2. The highest BCUT2D eigenvalue weighted by atomic mass is 35.5. The quantitative estimate of drug-likeness (QED) is 0.878. The van der Waals surface area contributed by atoms with E-state index in [1.165, 1.54) is 22.5 Å². The van der Waals surface area contributed by atoms with E-state index < -0.39 is 15.8 Å². The van der Waals surface area contributed by atoms with Gasteiger partial charge in [0.2, 0.25) is 10.0 Å². The SMILES string of the molecule is Cl.N[C@@H]1CCN(S(=O)(=O)c2cccc(F)c2)C1. The van der Waals surface area contributed by atoms with E-state index in [2.05, 4.69) is 0 Å². The lowest BCUT2D eigenvalue weighted by Crippen LogP contribution is -2.32. The van der Waals surface area contributed by atoms with Gasteiger partial charge >= 0.3 is 0 Å². The lowest BCUT2D eigenvalue weighted by Gasteiger charge is -2.15. The van der Waals surface area contributed by atoms with Crippen LogP contribution in [-0.4, -0.2) is 31.9 Å². The summed E-state index contributed by atoms with van der Waals surface area (Å²) in [5, 5.41) is 0. The predicted octanol–water partition coefficient (Wildman–Crippen LogP) is 0.969. The third kappa shape index (κ3) is 2.95. The highest BCUT2D eigenvalue weighted by Gasteiger charge is 2.30. The summed E-state index contributed by atoms with van der Waals surface area (Å²) in [6.45, 7) is 0.707. The monoisotopic (exact) mass is 280 g/mol. The molecule has 1 aliphatic heterocycles. The first-order valence-corrected chi connectivity index (χ1v) is 6.45. The van der Waals surface area contributed by atoms with Crippen LogP contribution in [0.3, 0.4) is 0 Å². The van der Waals surface area contributed by atoms with Gasteiger partial charge in [0.15, 0.2) is 0 Å². The van der Waals surface area contributed by atoms with Gasteiger partial charge in [0.25, 0.3) is 0 Å². The van der Waals surface area contributed by atoms with Gasteiger partial charge < -0.3 is 5.73 Å². The maximum atomic E-state index is 13.0. The van der Waals surface area contributed by atoms with Crippen LogP contribution in [0.1, 0.15) is 6.42 Å². The van der Waals surface area contributed by atoms with E-state index in [1.54, 1.807) is 0 Å². The van der Waals surface area contributed by atoms with Crippen molar-refractivity contribution in [1.82, 2.24) is 4.31 Å². The molecule has 96 valence electrons. The first kappa shape index (κ1) is 14.4. The normalized spacial score (nSPS) is 21.2. The van der Waals surface area contributed by atoms with Crippen LogP contribution in [-0.2, 0) is 10.0 Å². The van der Waals surface area contributed by atoms with Crippen molar-refractivity contribution in [3.63, 3.8) is 0 Å². The molecular formula is C10H14ClFN2O2S. The third-order valence-electron chi connectivity index (χ3n) is 2.62. The molecule has 0 aromatic heterocycles. The van der Waals surface area contributed by atoms with Gasteiger partial charge in [-0.1, -0.05) is 6.07 Å². The molecule has 0 radical (unpaired) electrons. The van der Waals surface area contributed by atoms with Gasteiger partial charge in [-0.15, -0.1) is 12.4 Å². The van der Waals surface area contributed by atoms with Gasteiger partial charge in [-0.25, -0.2) is 12.8 Å². The molecule has 4 nitrogen and oxygen atoms in total. The number of hydrogen-bond acceptors (Lipinski definition) is 3. The van der Waals surface area contributed by atoms with Crippen molar-refractivity contribution in [3.8, 4) is 0 Å². The zero-order valence-corrected chi connectivity index (χ0v) is 10.7. The van der Waals surface area contributed by atoms with Crippen LogP contribution in [0, 0.1) is 5.82 Å². The summed E-state index contributed by atoms with van der Waals surface area (Å²) in [5.41, 5.74) is 5.65. The number of hydrogen-bond donors (Lipinski definition) is 1. The van der Waals surface area contributed by atoms with Gasteiger partial charge in [-0.2, -0.15) is 4.31 Å². The number of rotatable bonds is 2. The summed E-state index contributed by atoms with van der Waals surface area (Å²) in [7, 11) is -3.58. The third-order valence-corrected chi connectivity index (χ3v) is 4.48. The Hall–Kier alpha value is -0.690. The second kappa shape index (κ2) is 5.30. The standard InChI is InChI=1S/C10H13FN2O2S.ClH/c11-8-2-1-3-10(6-8)16(14,15)13-5-4-9(12)7-13;/h1-3,6,9H,4-5,7,12H2;1H/t9-;/m1./s1. The number of nitrogens with zero attached hydrogens (tertiary/aromatic N) is 1. The first-order chi connectivity index (χ1) is 7.50. The summed E-state index contributed by atoms with van der Waals surface area (Å²) >= 11 is 0. The second-order valence-electron chi connectivity index (χ2n) is 3.87. The van der Waals surface area contributed by atoms with Crippen molar-refractivity contribution >= 4 is 22.4 Å². The molecule has 1 heterocycles. The van der Waals surface area contributed by atoms with Crippen LogP contribution in [0.2, 0.25) is 0 Å². The molecule has 2 rings (SSSR count). The Balaban J connectivity index is 0.00000144. The molecule has 0 saturated carbocycles. The molecule has 1 saturated heterocycles. The molecule has 1 fully saturated rings. The van der Waals surface area contributed by atoms with Crippen molar-refractivity contribution in [2.45, 2.75) is 17.4 Å². The van der Waals surface area contributed by atoms with E-state index in [4.69, 9.17) is 5.73 Å². The fourth-order valence-corrected chi connectivity index (χ4v) is 3.29. The summed E-state index contributed by atoms with van der Waals surface area (Å²) in [6.07, 6.45) is 0.647. The van der Waals surface area contributed by atoms with E-state index >= 15 is 0 Å².